The molecule has 260 valence electrons. The number of hydrogen-bond acceptors (Lipinski definition) is 4. The first kappa shape index (κ1) is 30.7. The first-order valence-corrected chi connectivity index (χ1v) is 18.8. The minimum absolute atomic E-state index is 0.890. The lowest BCUT2D eigenvalue weighted by Gasteiger charge is -2.10. The van der Waals surface area contributed by atoms with Gasteiger partial charge in [-0.1, -0.05) is 121 Å². The molecule has 7 heterocycles. The number of rotatable bonds is 4. The Morgan fingerprint density at radius 3 is 1.59 bits per heavy atom. The maximum absolute atomic E-state index is 5.43. The number of H-pyrrole nitrogens is 1. The number of hydrogen-bond donors (Lipinski definition) is 1. The maximum atomic E-state index is 5.43. The number of nitrogens with one attached hydrogen (secondary N) is 1. The third-order valence-electron chi connectivity index (χ3n) is 11.1. The first-order chi connectivity index (χ1) is 27.7. The molecule has 5 aromatic carbocycles. The van der Waals surface area contributed by atoms with E-state index >= 15 is 0 Å². The second-order valence-electron chi connectivity index (χ2n) is 14.4. The van der Waals surface area contributed by atoms with Gasteiger partial charge in [0.1, 0.15) is 0 Å². The Bertz CT molecular complexity index is 3500. The Morgan fingerprint density at radius 2 is 0.946 bits per heavy atom. The second-order valence-corrected chi connectivity index (χ2v) is 14.4. The Kier molecular flexibility index (Phi) is 6.53. The van der Waals surface area contributed by atoms with Gasteiger partial charge >= 0.3 is 0 Å². The molecule has 0 fully saturated rings. The van der Waals surface area contributed by atoms with E-state index in [4.69, 9.17) is 19.9 Å². The number of fused-ring (bicyclic) bond motifs is 12. The van der Waals surface area contributed by atoms with Gasteiger partial charge in [0.15, 0.2) is 0 Å². The van der Waals surface area contributed by atoms with Gasteiger partial charge in [0, 0.05) is 49.2 Å². The zero-order valence-corrected chi connectivity index (χ0v) is 30.0. The molecule has 0 amide bonds. The van der Waals surface area contributed by atoms with Crippen LogP contribution in [0.1, 0.15) is 0 Å². The molecule has 12 aromatic rings. The summed E-state index contributed by atoms with van der Waals surface area (Å²) in [4.78, 5) is 24.6. The van der Waals surface area contributed by atoms with E-state index in [1.54, 1.807) is 0 Å². The van der Waals surface area contributed by atoms with E-state index in [1.165, 1.54) is 0 Å². The Balaban J connectivity index is 1.22. The van der Waals surface area contributed by atoms with Gasteiger partial charge in [0.25, 0.3) is 0 Å². The highest BCUT2D eigenvalue weighted by Gasteiger charge is 2.22. The molecule has 0 saturated carbocycles. The molecular formula is C50H30N6. The zero-order valence-electron chi connectivity index (χ0n) is 30.0. The van der Waals surface area contributed by atoms with E-state index in [0.29, 0.717) is 0 Å². The van der Waals surface area contributed by atoms with Crippen LogP contribution in [-0.2, 0) is 0 Å². The molecule has 12 rings (SSSR count). The molecule has 0 aliphatic carbocycles. The number of aromatic amines is 1. The predicted octanol–water partition coefficient (Wildman–Crippen LogP) is 12.4. The third-order valence-corrected chi connectivity index (χ3v) is 11.1. The fraction of sp³-hybridized carbons (Fsp3) is 0. The normalized spacial score (nSPS) is 11.9. The molecule has 7 aromatic heterocycles. The van der Waals surface area contributed by atoms with Crippen molar-refractivity contribution in [3.8, 4) is 45.0 Å². The lowest BCUT2D eigenvalue weighted by atomic mass is 10.0. The van der Waals surface area contributed by atoms with E-state index in [1.807, 2.05) is 36.7 Å². The minimum Gasteiger partial charge on any atom is -0.353 e. The van der Waals surface area contributed by atoms with Gasteiger partial charge in [-0.15, -0.1) is 0 Å². The van der Waals surface area contributed by atoms with Crippen molar-refractivity contribution >= 4 is 70.9 Å². The average molecular weight is 715 g/mol. The van der Waals surface area contributed by atoms with Crippen molar-refractivity contribution in [2.45, 2.75) is 0 Å². The quantitative estimate of drug-likeness (QED) is 0.197. The SMILES string of the molecule is c1ccc(-c2cc3c4cc(-c5ccccc5)nc(c4)c4cc5c6nc(-c7ccccc7)cc7c8cc(-c9ccccc9)ncc8n(c5cc4[nH]c3cn2)c76)cc1. The van der Waals surface area contributed by atoms with Crippen molar-refractivity contribution in [1.29, 1.82) is 0 Å². The molecule has 1 N–H and O–H groups in total. The smallest absolute Gasteiger partial charge is 0.0977 e. The van der Waals surface area contributed by atoms with Gasteiger partial charge in [-0.05, 0) is 47.9 Å². The molecule has 56 heavy (non-hydrogen) atoms. The van der Waals surface area contributed by atoms with Gasteiger partial charge in [0.2, 0.25) is 0 Å². The summed E-state index contributed by atoms with van der Waals surface area (Å²) < 4.78 is 2.34. The number of pyridine rings is 4. The Hall–Kier alpha value is -7.70. The van der Waals surface area contributed by atoms with Crippen molar-refractivity contribution in [3.05, 3.63) is 176 Å². The summed E-state index contributed by atoms with van der Waals surface area (Å²) in [5.41, 5.74) is 14.9. The van der Waals surface area contributed by atoms with Crippen molar-refractivity contribution in [2.24, 2.45) is 0 Å². The molecule has 2 bridgehead atoms. The zero-order chi connectivity index (χ0) is 36.7. The molecule has 0 atom stereocenters. The van der Waals surface area contributed by atoms with E-state index in [-0.39, 0.29) is 0 Å². The molecule has 0 aliphatic rings. The van der Waals surface area contributed by atoms with Crippen molar-refractivity contribution in [1.82, 2.24) is 29.3 Å². The van der Waals surface area contributed by atoms with Crippen LogP contribution in [0.2, 0.25) is 0 Å². The van der Waals surface area contributed by atoms with Gasteiger partial charge in [-0.25, -0.2) is 9.97 Å². The van der Waals surface area contributed by atoms with Gasteiger partial charge in [-0.2, -0.15) is 0 Å². The predicted molar refractivity (Wildman–Crippen MR) is 230 cm³/mol. The fourth-order valence-corrected chi connectivity index (χ4v) is 8.46. The monoisotopic (exact) mass is 714 g/mol. The molecule has 0 aliphatic heterocycles. The van der Waals surface area contributed by atoms with Crippen LogP contribution in [0.4, 0.5) is 0 Å². The number of benzene rings is 5. The van der Waals surface area contributed by atoms with Crippen molar-refractivity contribution < 1.29 is 0 Å². The van der Waals surface area contributed by atoms with Crippen LogP contribution in [0.25, 0.3) is 116 Å². The summed E-state index contributed by atoms with van der Waals surface area (Å²) in [6, 6.07) is 57.2. The van der Waals surface area contributed by atoms with Crippen LogP contribution < -0.4 is 0 Å². The Labute approximate surface area is 320 Å². The van der Waals surface area contributed by atoms with Gasteiger partial charge in [-0.3, -0.25) is 9.97 Å². The highest BCUT2D eigenvalue weighted by Crippen LogP contribution is 2.42. The van der Waals surface area contributed by atoms with Crippen LogP contribution in [0.5, 0.6) is 0 Å². The summed E-state index contributed by atoms with van der Waals surface area (Å²) in [5, 5.41) is 6.49. The number of nitrogens with zero attached hydrogens (tertiary/aromatic N) is 5. The van der Waals surface area contributed by atoms with Crippen molar-refractivity contribution in [3.63, 3.8) is 0 Å². The summed E-state index contributed by atoms with van der Waals surface area (Å²) >= 11 is 0. The van der Waals surface area contributed by atoms with Crippen LogP contribution in [-0.4, -0.2) is 29.3 Å². The highest BCUT2D eigenvalue weighted by molar-refractivity contribution is 6.25. The maximum Gasteiger partial charge on any atom is 0.0977 e. The number of aromatic nitrogens is 6. The third kappa shape index (κ3) is 4.69. The summed E-state index contributed by atoms with van der Waals surface area (Å²) in [5.74, 6) is 0. The molecular weight excluding hydrogens is 685 g/mol. The minimum atomic E-state index is 0.890. The van der Waals surface area contributed by atoms with Crippen LogP contribution in [0.3, 0.4) is 0 Å². The highest BCUT2D eigenvalue weighted by atomic mass is 15.0. The molecule has 6 heteroatoms. The molecule has 0 spiro atoms. The van der Waals surface area contributed by atoms with Crippen LogP contribution in [0, 0.1) is 0 Å². The second kappa shape index (κ2) is 11.9. The molecule has 0 saturated heterocycles. The molecule has 6 nitrogen and oxygen atoms in total. The van der Waals surface area contributed by atoms with Crippen LogP contribution >= 0.6 is 0 Å². The van der Waals surface area contributed by atoms with Crippen molar-refractivity contribution in [2.75, 3.05) is 0 Å². The lowest BCUT2D eigenvalue weighted by Crippen LogP contribution is -1.91. The summed E-state index contributed by atoms with van der Waals surface area (Å²) in [7, 11) is 0. The first-order valence-electron chi connectivity index (χ1n) is 18.8. The van der Waals surface area contributed by atoms with Gasteiger partial charge < -0.3 is 9.38 Å². The molecule has 0 unspecified atom stereocenters. The molecule has 0 radical (unpaired) electrons. The lowest BCUT2D eigenvalue weighted by molar-refractivity contribution is 1.30. The largest absolute Gasteiger partial charge is 0.353 e. The topological polar surface area (TPSA) is 71.8 Å². The van der Waals surface area contributed by atoms with Gasteiger partial charge in [0.05, 0.1) is 73.8 Å². The average Bonchev–Trinajstić information content (AvgIpc) is 3.77. The summed E-state index contributed by atoms with van der Waals surface area (Å²) in [6.07, 6.45) is 3.98. The fourth-order valence-electron chi connectivity index (χ4n) is 8.46. The van der Waals surface area contributed by atoms with E-state index in [9.17, 15) is 0 Å². The summed E-state index contributed by atoms with van der Waals surface area (Å²) in [6.45, 7) is 0. The van der Waals surface area contributed by atoms with E-state index in [2.05, 4.69) is 149 Å². The van der Waals surface area contributed by atoms with E-state index in [0.717, 1.165) is 116 Å². The Morgan fingerprint density at radius 1 is 0.393 bits per heavy atom. The van der Waals surface area contributed by atoms with E-state index < -0.39 is 0 Å². The standard InChI is InChI=1S/C50H30N6/c1-5-13-30(14-6-1)40-24-35-34-21-42(32-17-9-3-10-18-32)53-44(22-34)38-23-39-47(27-45(38)54-46(35)28-51-40)56-48-29-52-41(31-15-7-2-8-16-31)25-36(48)37-26-43(55-49(39)50(37)56)33-19-11-4-12-20-33/h1-29,54H. The van der Waals surface area contributed by atoms with Crippen LogP contribution in [0.15, 0.2) is 176 Å².